The molecular weight excluding hydrogens is 338 g/mol. The standard InChI is InChI=1S/C20H26ClNO3/c1-20(2,3)12-22-18-15(10-13(21)11-17(18)25-5)19(23)14-8-6-7-9-16(14)24-4/h6-11,19,22-23H,12H2,1-5H3/t19-/m1/s1. The van der Waals surface area contributed by atoms with E-state index in [1.54, 1.807) is 26.4 Å². The Morgan fingerprint density at radius 2 is 1.68 bits per heavy atom. The van der Waals surface area contributed by atoms with Crippen molar-refractivity contribution in [3.8, 4) is 11.5 Å². The van der Waals surface area contributed by atoms with Gasteiger partial charge >= 0.3 is 0 Å². The molecule has 0 aliphatic carbocycles. The van der Waals surface area contributed by atoms with Crippen molar-refractivity contribution in [2.45, 2.75) is 26.9 Å². The van der Waals surface area contributed by atoms with E-state index in [0.717, 1.165) is 12.2 Å². The fourth-order valence-corrected chi connectivity index (χ4v) is 2.80. The van der Waals surface area contributed by atoms with Crippen LogP contribution in [0.1, 0.15) is 38.0 Å². The zero-order valence-corrected chi connectivity index (χ0v) is 16.1. The third kappa shape index (κ3) is 4.80. The van der Waals surface area contributed by atoms with Gasteiger partial charge in [0.25, 0.3) is 0 Å². The van der Waals surface area contributed by atoms with Crippen LogP contribution in [0.5, 0.6) is 11.5 Å². The number of hydrogen-bond donors (Lipinski definition) is 2. The summed E-state index contributed by atoms with van der Waals surface area (Å²) in [6.07, 6.45) is -0.897. The van der Waals surface area contributed by atoms with Gasteiger partial charge in [-0.05, 0) is 17.5 Å². The fourth-order valence-electron chi connectivity index (χ4n) is 2.58. The van der Waals surface area contributed by atoms with E-state index in [0.29, 0.717) is 27.6 Å². The van der Waals surface area contributed by atoms with Crippen molar-refractivity contribution in [2.75, 3.05) is 26.1 Å². The lowest BCUT2D eigenvalue weighted by Crippen LogP contribution is -2.20. The molecule has 0 aromatic heterocycles. The zero-order chi connectivity index (χ0) is 18.6. The third-order valence-corrected chi connectivity index (χ3v) is 4.06. The van der Waals surface area contributed by atoms with Crippen molar-refractivity contribution in [3.63, 3.8) is 0 Å². The number of hydrogen-bond acceptors (Lipinski definition) is 4. The van der Waals surface area contributed by atoms with Crippen LogP contribution in [0.15, 0.2) is 36.4 Å². The van der Waals surface area contributed by atoms with Crippen LogP contribution in [0.3, 0.4) is 0 Å². The van der Waals surface area contributed by atoms with Gasteiger partial charge in [0.1, 0.15) is 17.6 Å². The van der Waals surface area contributed by atoms with Gasteiger partial charge < -0.3 is 19.9 Å². The smallest absolute Gasteiger partial charge is 0.143 e. The number of aliphatic hydroxyl groups excluding tert-OH is 1. The summed E-state index contributed by atoms with van der Waals surface area (Å²) < 4.78 is 10.9. The number of methoxy groups -OCH3 is 2. The van der Waals surface area contributed by atoms with Crippen molar-refractivity contribution in [2.24, 2.45) is 5.41 Å². The van der Waals surface area contributed by atoms with Crippen LogP contribution in [0.2, 0.25) is 5.02 Å². The van der Waals surface area contributed by atoms with Crippen LogP contribution in [0.4, 0.5) is 5.69 Å². The Morgan fingerprint density at radius 3 is 2.28 bits per heavy atom. The molecule has 0 spiro atoms. The van der Waals surface area contributed by atoms with Crippen molar-refractivity contribution >= 4 is 17.3 Å². The van der Waals surface area contributed by atoms with Gasteiger partial charge in [-0.15, -0.1) is 0 Å². The highest BCUT2D eigenvalue weighted by Gasteiger charge is 2.23. The molecule has 0 aliphatic rings. The normalized spacial score (nSPS) is 12.6. The first-order valence-electron chi connectivity index (χ1n) is 8.19. The SMILES string of the molecule is COc1ccccc1[C@@H](O)c1cc(Cl)cc(OC)c1NCC(C)(C)C. The van der Waals surface area contributed by atoms with Crippen LogP contribution in [-0.4, -0.2) is 25.9 Å². The van der Waals surface area contributed by atoms with Gasteiger partial charge in [-0.2, -0.15) is 0 Å². The van der Waals surface area contributed by atoms with Gasteiger partial charge in [0.15, 0.2) is 0 Å². The summed E-state index contributed by atoms with van der Waals surface area (Å²) in [6.45, 7) is 7.13. The van der Waals surface area contributed by atoms with Crippen molar-refractivity contribution in [1.82, 2.24) is 0 Å². The minimum Gasteiger partial charge on any atom is -0.496 e. The van der Waals surface area contributed by atoms with E-state index < -0.39 is 6.10 Å². The number of nitrogens with one attached hydrogen (secondary N) is 1. The monoisotopic (exact) mass is 363 g/mol. The first-order chi connectivity index (χ1) is 11.8. The maximum atomic E-state index is 11.0. The molecule has 0 saturated carbocycles. The molecule has 5 heteroatoms. The van der Waals surface area contributed by atoms with E-state index >= 15 is 0 Å². The van der Waals surface area contributed by atoms with Gasteiger partial charge in [0.05, 0.1) is 19.9 Å². The fraction of sp³-hybridized carbons (Fsp3) is 0.400. The molecule has 2 aromatic carbocycles. The summed E-state index contributed by atoms with van der Waals surface area (Å²) in [5.41, 5.74) is 2.13. The average molecular weight is 364 g/mol. The van der Waals surface area contributed by atoms with Crippen LogP contribution in [0.25, 0.3) is 0 Å². The van der Waals surface area contributed by atoms with Gasteiger partial charge in [0, 0.05) is 28.8 Å². The Hall–Kier alpha value is -1.91. The number of halogens is 1. The molecule has 0 radical (unpaired) electrons. The second kappa shape index (κ2) is 7.98. The highest BCUT2D eigenvalue weighted by atomic mass is 35.5. The van der Waals surface area contributed by atoms with Crippen LogP contribution >= 0.6 is 11.6 Å². The second-order valence-electron chi connectivity index (χ2n) is 7.13. The van der Waals surface area contributed by atoms with Crippen molar-refractivity contribution in [3.05, 3.63) is 52.5 Å². The predicted molar refractivity (Wildman–Crippen MR) is 103 cm³/mol. The maximum Gasteiger partial charge on any atom is 0.143 e. The minimum absolute atomic E-state index is 0.0668. The van der Waals surface area contributed by atoms with Crippen molar-refractivity contribution < 1.29 is 14.6 Å². The molecule has 0 saturated heterocycles. The number of para-hydroxylation sites is 1. The highest BCUT2D eigenvalue weighted by Crippen LogP contribution is 2.40. The third-order valence-electron chi connectivity index (χ3n) is 3.84. The van der Waals surface area contributed by atoms with E-state index in [9.17, 15) is 5.11 Å². The van der Waals surface area contributed by atoms with Gasteiger partial charge in [-0.25, -0.2) is 0 Å². The quantitative estimate of drug-likeness (QED) is 0.766. The highest BCUT2D eigenvalue weighted by molar-refractivity contribution is 6.31. The molecule has 0 aliphatic heterocycles. The van der Waals surface area contributed by atoms with Crippen molar-refractivity contribution in [1.29, 1.82) is 0 Å². The summed E-state index contributed by atoms with van der Waals surface area (Å²) in [7, 11) is 3.18. The Bertz CT molecular complexity index is 725. The second-order valence-corrected chi connectivity index (χ2v) is 7.57. The summed E-state index contributed by atoms with van der Waals surface area (Å²) in [4.78, 5) is 0. The molecule has 136 valence electrons. The number of rotatable bonds is 6. The average Bonchev–Trinajstić information content (AvgIpc) is 2.58. The Kier molecular flexibility index (Phi) is 6.20. The Morgan fingerprint density at radius 1 is 1.04 bits per heavy atom. The Balaban J connectivity index is 2.52. The molecule has 2 rings (SSSR count). The lowest BCUT2D eigenvalue weighted by atomic mass is 9.95. The number of aliphatic hydroxyl groups is 1. The molecule has 0 fully saturated rings. The van der Waals surface area contributed by atoms with E-state index in [1.165, 1.54) is 0 Å². The van der Waals surface area contributed by atoms with E-state index in [-0.39, 0.29) is 5.41 Å². The van der Waals surface area contributed by atoms with E-state index in [4.69, 9.17) is 21.1 Å². The summed E-state index contributed by atoms with van der Waals surface area (Å²) in [5.74, 6) is 1.22. The molecule has 25 heavy (non-hydrogen) atoms. The first-order valence-corrected chi connectivity index (χ1v) is 8.57. The maximum absolute atomic E-state index is 11.0. The molecule has 0 heterocycles. The zero-order valence-electron chi connectivity index (χ0n) is 15.4. The topological polar surface area (TPSA) is 50.7 Å². The molecule has 1 atom stereocenters. The van der Waals surface area contributed by atoms with Gasteiger partial charge in [-0.1, -0.05) is 50.6 Å². The largest absolute Gasteiger partial charge is 0.496 e. The molecule has 4 nitrogen and oxygen atoms in total. The van der Waals surface area contributed by atoms with Gasteiger partial charge in [-0.3, -0.25) is 0 Å². The van der Waals surface area contributed by atoms with E-state index in [2.05, 4.69) is 26.1 Å². The lowest BCUT2D eigenvalue weighted by molar-refractivity contribution is 0.215. The van der Waals surface area contributed by atoms with E-state index in [1.807, 2.05) is 24.3 Å². The molecule has 0 unspecified atom stereocenters. The van der Waals surface area contributed by atoms with Crippen LogP contribution in [0, 0.1) is 5.41 Å². The van der Waals surface area contributed by atoms with Gasteiger partial charge in [0.2, 0.25) is 0 Å². The number of anilines is 1. The van der Waals surface area contributed by atoms with Crippen LogP contribution in [-0.2, 0) is 0 Å². The lowest BCUT2D eigenvalue weighted by Gasteiger charge is -2.25. The molecule has 2 aromatic rings. The molecule has 0 bridgehead atoms. The first kappa shape index (κ1) is 19.4. The summed E-state index contributed by atoms with van der Waals surface area (Å²) in [6, 6.07) is 10.9. The molecule has 0 amide bonds. The number of ether oxygens (including phenoxy) is 2. The number of benzene rings is 2. The summed E-state index contributed by atoms with van der Waals surface area (Å²) in [5, 5.41) is 14.9. The predicted octanol–water partition coefficient (Wildman–Crippen LogP) is 4.90. The molecule has 2 N–H and O–H groups in total. The van der Waals surface area contributed by atoms with Crippen LogP contribution < -0.4 is 14.8 Å². The summed E-state index contributed by atoms with van der Waals surface area (Å²) >= 11 is 6.25. The Labute approximate surface area is 154 Å². The minimum atomic E-state index is -0.897. The molecular formula is C20H26ClNO3.